The molecule has 0 heterocycles. The number of methoxy groups -OCH3 is 1. The minimum atomic E-state index is -0.571. The molecule has 0 aliphatic heterocycles. The molecule has 1 N–H and O–H groups in total. The molecule has 21 heavy (non-hydrogen) atoms. The third kappa shape index (κ3) is 2.40. The van der Waals surface area contributed by atoms with Crippen LogP contribution in [0.4, 0.5) is 4.79 Å². The first-order chi connectivity index (χ1) is 9.70. The van der Waals surface area contributed by atoms with Crippen LogP contribution >= 0.6 is 0 Å². The van der Waals surface area contributed by atoms with E-state index >= 15 is 0 Å². The van der Waals surface area contributed by atoms with Crippen molar-refractivity contribution in [3.8, 4) is 0 Å². The molecule has 5 nitrogen and oxygen atoms in total. The molecule has 4 fully saturated rings. The standard InChI is InChI=1S/C16H25NO4/c1-14(2,3)21-13(19)17-11(12(18)20-4)16-7-15(8-16,9-16)10-5-6-10/h10-11H,5-9H2,1-4H3,(H,17,19). The quantitative estimate of drug-likeness (QED) is 0.810. The first kappa shape index (κ1) is 14.7. The molecule has 4 saturated carbocycles. The van der Waals surface area contributed by atoms with Gasteiger partial charge < -0.3 is 14.8 Å². The lowest BCUT2D eigenvalue weighted by atomic mass is 9.31. The minimum Gasteiger partial charge on any atom is -0.467 e. The van der Waals surface area contributed by atoms with Gasteiger partial charge in [-0.1, -0.05) is 0 Å². The number of hydrogen-bond donors (Lipinski definition) is 1. The Morgan fingerprint density at radius 1 is 1.19 bits per heavy atom. The fourth-order valence-corrected chi connectivity index (χ4v) is 4.39. The minimum absolute atomic E-state index is 0.0907. The molecule has 0 aromatic rings. The lowest BCUT2D eigenvalue weighted by Crippen LogP contribution is -2.72. The van der Waals surface area contributed by atoms with Crippen molar-refractivity contribution in [2.75, 3.05) is 7.11 Å². The van der Waals surface area contributed by atoms with Crippen LogP contribution in [0.1, 0.15) is 52.9 Å². The van der Waals surface area contributed by atoms with Crippen LogP contribution in [0.5, 0.6) is 0 Å². The van der Waals surface area contributed by atoms with Gasteiger partial charge in [-0.3, -0.25) is 0 Å². The smallest absolute Gasteiger partial charge is 0.408 e. The van der Waals surface area contributed by atoms with Gasteiger partial charge in [-0.2, -0.15) is 0 Å². The normalized spacial score (nSPS) is 35.0. The summed E-state index contributed by atoms with van der Waals surface area (Å²) in [4.78, 5) is 24.1. The Hall–Kier alpha value is -1.26. The summed E-state index contributed by atoms with van der Waals surface area (Å²) < 4.78 is 10.2. The summed E-state index contributed by atoms with van der Waals surface area (Å²) in [7, 11) is 1.37. The van der Waals surface area contributed by atoms with E-state index in [4.69, 9.17) is 9.47 Å². The van der Waals surface area contributed by atoms with Crippen LogP contribution in [-0.2, 0) is 14.3 Å². The summed E-state index contributed by atoms with van der Waals surface area (Å²) >= 11 is 0. The van der Waals surface area contributed by atoms with E-state index in [9.17, 15) is 9.59 Å². The van der Waals surface area contributed by atoms with Gasteiger partial charge in [0.25, 0.3) is 0 Å². The largest absolute Gasteiger partial charge is 0.467 e. The van der Waals surface area contributed by atoms with E-state index in [2.05, 4.69) is 5.32 Å². The number of hydrogen-bond acceptors (Lipinski definition) is 4. The zero-order chi connectivity index (χ0) is 15.5. The Kier molecular flexibility index (Phi) is 3.05. The van der Waals surface area contributed by atoms with E-state index in [0.29, 0.717) is 5.41 Å². The lowest BCUT2D eigenvalue weighted by Gasteiger charge is -2.73. The average molecular weight is 295 g/mol. The monoisotopic (exact) mass is 295 g/mol. The highest BCUT2D eigenvalue weighted by Crippen LogP contribution is 2.80. The van der Waals surface area contributed by atoms with Crippen LogP contribution in [-0.4, -0.2) is 30.8 Å². The van der Waals surface area contributed by atoms with Crippen molar-refractivity contribution in [2.45, 2.75) is 64.5 Å². The number of nitrogens with one attached hydrogen (secondary N) is 1. The average Bonchev–Trinajstić information content (AvgIpc) is 3.04. The van der Waals surface area contributed by atoms with Crippen LogP contribution < -0.4 is 5.32 Å². The maximum absolute atomic E-state index is 12.1. The topological polar surface area (TPSA) is 64.6 Å². The van der Waals surface area contributed by atoms with Crippen molar-refractivity contribution < 1.29 is 19.1 Å². The number of carbonyl (C=O) groups excluding carboxylic acids is 2. The molecule has 1 unspecified atom stereocenters. The first-order valence-electron chi connectivity index (χ1n) is 7.77. The zero-order valence-electron chi connectivity index (χ0n) is 13.3. The molecular weight excluding hydrogens is 270 g/mol. The number of ether oxygens (including phenoxy) is 2. The van der Waals surface area contributed by atoms with Crippen molar-refractivity contribution in [2.24, 2.45) is 16.7 Å². The number of carbonyl (C=O) groups is 2. The molecule has 4 aliphatic carbocycles. The van der Waals surface area contributed by atoms with Gasteiger partial charge in [-0.25, -0.2) is 9.59 Å². The zero-order valence-corrected chi connectivity index (χ0v) is 13.3. The number of amides is 1. The van der Waals surface area contributed by atoms with Crippen LogP contribution in [0, 0.1) is 16.7 Å². The summed E-state index contributed by atoms with van der Waals surface area (Å²) in [6, 6.07) is -0.571. The van der Waals surface area contributed by atoms with Crippen molar-refractivity contribution in [1.82, 2.24) is 5.32 Å². The Morgan fingerprint density at radius 3 is 2.19 bits per heavy atom. The van der Waals surface area contributed by atoms with E-state index in [1.807, 2.05) is 20.8 Å². The molecular formula is C16H25NO4. The number of rotatable bonds is 4. The summed E-state index contributed by atoms with van der Waals surface area (Å²) in [5.41, 5.74) is -0.187. The molecule has 2 bridgehead atoms. The first-order valence-corrected chi connectivity index (χ1v) is 7.77. The predicted octanol–water partition coefficient (Wildman–Crippen LogP) is 2.63. The molecule has 5 heteroatoms. The van der Waals surface area contributed by atoms with E-state index in [1.54, 1.807) is 0 Å². The molecule has 118 valence electrons. The van der Waals surface area contributed by atoms with Gasteiger partial charge in [0.15, 0.2) is 0 Å². The van der Waals surface area contributed by atoms with Crippen molar-refractivity contribution in [3.63, 3.8) is 0 Å². The van der Waals surface area contributed by atoms with Crippen LogP contribution in [0.2, 0.25) is 0 Å². The van der Waals surface area contributed by atoms with Gasteiger partial charge in [0, 0.05) is 5.41 Å². The summed E-state index contributed by atoms with van der Waals surface area (Å²) in [6.45, 7) is 5.43. The second-order valence-electron chi connectivity index (χ2n) is 8.13. The summed E-state index contributed by atoms with van der Waals surface area (Å²) in [5, 5.41) is 2.75. The van der Waals surface area contributed by atoms with Crippen molar-refractivity contribution in [3.05, 3.63) is 0 Å². The molecule has 0 saturated heterocycles. The molecule has 0 aromatic carbocycles. The third-order valence-corrected chi connectivity index (χ3v) is 5.27. The van der Waals surface area contributed by atoms with E-state index in [1.165, 1.54) is 20.0 Å². The van der Waals surface area contributed by atoms with Gasteiger partial charge in [0.2, 0.25) is 0 Å². The van der Waals surface area contributed by atoms with E-state index in [-0.39, 0.29) is 11.4 Å². The Labute approximate surface area is 125 Å². The van der Waals surface area contributed by atoms with Gasteiger partial charge in [0.1, 0.15) is 11.6 Å². The second-order valence-corrected chi connectivity index (χ2v) is 8.13. The van der Waals surface area contributed by atoms with E-state index < -0.39 is 17.7 Å². The Bertz CT molecular complexity index is 455. The molecule has 1 atom stereocenters. The Morgan fingerprint density at radius 2 is 1.76 bits per heavy atom. The molecule has 4 rings (SSSR count). The van der Waals surface area contributed by atoms with Crippen LogP contribution in [0.25, 0.3) is 0 Å². The highest BCUT2D eigenvalue weighted by Gasteiger charge is 2.75. The summed E-state index contributed by atoms with van der Waals surface area (Å²) in [6.07, 6.45) is 5.25. The van der Waals surface area contributed by atoms with Crippen LogP contribution in [0.15, 0.2) is 0 Å². The fourth-order valence-electron chi connectivity index (χ4n) is 4.39. The maximum Gasteiger partial charge on any atom is 0.408 e. The Balaban J connectivity index is 1.63. The molecule has 0 radical (unpaired) electrons. The summed E-state index contributed by atoms with van der Waals surface area (Å²) in [5.74, 6) is 0.504. The molecule has 0 aromatic heterocycles. The van der Waals surface area contributed by atoms with Crippen LogP contribution in [0.3, 0.4) is 0 Å². The molecule has 4 aliphatic rings. The van der Waals surface area contributed by atoms with E-state index in [0.717, 1.165) is 25.2 Å². The van der Waals surface area contributed by atoms with Gasteiger partial charge >= 0.3 is 12.1 Å². The van der Waals surface area contributed by atoms with Gasteiger partial charge in [-0.15, -0.1) is 0 Å². The SMILES string of the molecule is COC(=O)C(NC(=O)OC(C)(C)C)C12CC(C3CC3)(C1)C2. The predicted molar refractivity (Wildman–Crippen MR) is 76.6 cm³/mol. The highest BCUT2D eigenvalue weighted by molar-refractivity contribution is 5.83. The van der Waals surface area contributed by atoms with Crippen molar-refractivity contribution >= 4 is 12.1 Å². The van der Waals surface area contributed by atoms with Gasteiger partial charge in [0.05, 0.1) is 7.11 Å². The molecule has 1 amide bonds. The highest BCUT2D eigenvalue weighted by atomic mass is 16.6. The third-order valence-electron chi connectivity index (χ3n) is 5.27. The fraction of sp³-hybridized carbons (Fsp3) is 0.875. The number of alkyl carbamates (subject to hydrolysis) is 1. The van der Waals surface area contributed by atoms with Crippen molar-refractivity contribution in [1.29, 1.82) is 0 Å². The maximum atomic E-state index is 12.1. The lowest BCUT2D eigenvalue weighted by molar-refractivity contribution is -0.236. The number of esters is 1. The molecule has 0 spiro atoms. The second kappa shape index (κ2) is 4.37. The van der Waals surface area contributed by atoms with Gasteiger partial charge in [-0.05, 0) is 64.2 Å².